The van der Waals surface area contributed by atoms with Crippen LogP contribution in [0.25, 0.3) is 5.32 Å². The van der Waals surface area contributed by atoms with Gasteiger partial charge in [0.25, 0.3) is 0 Å². The number of hydrogen-bond donors (Lipinski definition) is 0. The molecular weight excluding hydrogens is 151 g/mol. The van der Waals surface area contributed by atoms with Crippen molar-refractivity contribution in [2.45, 2.75) is 6.92 Å². The van der Waals surface area contributed by atoms with Gasteiger partial charge in [-0.1, -0.05) is 0 Å². The van der Waals surface area contributed by atoms with Crippen molar-refractivity contribution >= 4 is 0 Å². The Hall–Kier alpha value is 1.06. The molecule has 0 aromatic heterocycles. The first-order valence-electron chi connectivity index (χ1n) is 1.75. The molecule has 1 radical (unpaired) electrons. The third-order valence-corrected chi connectivity index (χ3v) is 0.365. The van der Waals surface area contributed by atoms with E-state index >= 15 is 0 Å². The summed E-state index contributed by atoms with van der Waals surface area (Å²) in [6, 6.07) is 0. The minimum absolute atomic E-state index is 0. The summed E-state index contributed by atoms with van der Waals surface area (Å²) in [6.07, 6.45) is 2.01. The summed E-state index contributed by atoms with van der Waals surface area (Å²) in [5.74, 6) is 0. The van der Waals surface area contributed by atoms with Crippen LogP contribution in [-0.4, -0.2) is 13.6 Å². The Bertz CT molecular complexity index is 15.0. The standard InChI is InChI=1S/C4H9N.Y/c1-3-4-5-2;/h3H,4H2,1-2H3;/q-2;. The topological polar surface area (TPSA) is 14.1 Å². The molecule has 0 atom stereocenters. The molecule has 0 heterocycles. The maximum absolute atomic E-state index is 3.80. The molecule has 0 aliphatic rings. The van der Waals surface area contributed by atoms with E-state index in [1.807, 2.05) is 13.3 Å². The third kappa shape index (κ3) is 8.91. The fourth-order valence-electron chi connectivity index (χ4n) is 0.183. The Labute approximate surface area is 64.8 Å². The summed E-state index contributed by atoms with van der Waals surface area (Å²) in [5, 5.41) is 3.80. The van der Waals surface area contributed by atoms with Crippen LogP contribution in [0.5, 0.6) is 0 Å². The fourth-order valence-corrected chi connectivity index (χ4v) is 0.183. The Balaban J connectivity index is 0. The molecular formula is C4H9NY-2. The maximum atomic E-state index is 3.80. The van der Waals surface area contributed by atoms with Crippen LogP contribution in [0.15, 0.2) is 0 Å². The summed E-state index contributed by atoms with van der Waals surface area (Å²) in [5.41, 5.74) is 0. The minimum Gasteiger partial charge on any atom is -0.691 e. The van der Waals surface area contributed by atoms with Gasteiger partial charge < -0.3 is 11.7 Å². The van der Waals surface area contributed by atoms with Crippen molar-refractivity contribution in [1.82, 2.24) is 0 Å². The van der Waals surface area contributed by atoms with Crippen molar-refractivity contribution in [3.8, 4) is 0 Å². The van der Waals surface area contributed by atoms with Crippen LogP contribution in [0, 0.1) is 6.42 Å². The summed E-state index contributed by atoms with van der Waals surface area (Å²) in [4.78, 5) is 0. The van der Waals surface area contributed by atoms with Gasteiger partial charge in [0.15, 0.2) is 0 Å². The molecule has 0 aromatic carbocycles. The van der Waals surface area contributed by atoms with Crippen molar-refractivity contribution in [3.05, 3.63) is 11.7 Å². The molecule has 0 aromatic rings. The monoisotopic (exact) mass is 160 g/mol. The Morgan fingerprint density at radius 3 is 2.17 bits per heavy atom. The van der Waals surface area contributed by atoms with Gasteiger partial charge in [-0.3, -0.25) is 6.54 Å². The zero-order valence-corrected chi connectivity index (χ0v) is 7.15. The van der Waals surface area contributed by atoms with Crippen LogP contribution < -0.4 is 0 Å². The van der Waals surface area contributed by atoms with Gasteiger partial charge in [-0.25, -0.2) is 0 Å². The third-order valence-electron chi connectivity index (χ3n) is 0.365. The van der Waals surface area contributed by atoms with Crippen molar-refractivity contribution in [3.63, 3.8) is 0 Å². The smallest absolute Gasteiger partial charge is 0 e. The van der Waals surface area contributed by atoms with E-state index in [-0.39, 0.29) is 32.7 Å². The largest absolute Gasteiger partial charge is 0.691 e. The van der Waals surface area contributed by atoms with Crippen LogP contribution in [0.1, 0.15) is 6.92 Å². The SMILES string of the molecule is C[CH-]C[N-]C.[Y]. The maximum Gasteiger partial charge on any atom is 0 e. The van der Waals surface area contributed by atoms with E-state index in [9.17, 15) is 0 Å². The second-order valence-electron chi connectivity index (χ2n) is 0.907. The van der Waals surface area contributed by atoms with Crippen LogP contribution >= 0.6 is 0 Å². The normalized spacial score (nSPS) is 7.00. The molecule has 35 valence electrons. The number of rotatable bonds is 2. The summed E-state index contributed by atoms with van der Waals surface area (Å²) in [6.45, 7) is 2.88. The van der Waals surface area contributed by atoms with Gasteiger partial charge in [0.05, 0.1) is 0 Å². The van der Waals surface area contributed by atoms with Gasteiger partial charge in [-0.15, -0.1) is 0 Å². The predicted molar refractivity (Wildman–Crippen MR) is 24.1 cm³/mol. The Kier molecular flexibility index (Phi) is 15.9. The first kappa shape index (κ1) is 10.1. The molecule has 0 N–H and O–H groups in total. The molecule has 0 amide bonds. The summed E-state index contributed by atoms with van der Waals surface area (Å²) < 4.78 is 0. The van der Waals surface area contributed by atoms with E-state index in [1.54, 1.807) is 7.05 Å². The molecule has 0 aliphatic carbocycles. The molecule has 0 aliphatic heterocycles. The quantitative estimate of drug-likeness (QED) is 0.539. The molecule has 0 rings (SSSR count). The zero-order valence-electron chi connectivity index (χ0n) is 4.31. The average Bonchev–Trinajstić information content (AvgIpc) is 1.41. The van der Waals surface area contributed by atoms with Crippen molar-refractivity contribution in [2.24, 2.45) is 0 Å². The molecule has 0 unspecified atom stereocenters. The van der Waals surface area contributed by atoms with Crippen LogP contribution in [0.3, 0.4) is 0 Å². The van der Waals surface area contributed by atoms with Crippen molar-refractivity contribution in [2.75, 3.05) is 13.6 Å². The van der Waals surface area contributed by atoms with Gasteiger partial charge >= 0.3 is 0 Å². The van der Waals surface area contributed by atoms with E-state index in [0.717, 1.165) is 6.54 Å². The molecule has 6 heavy (non-hydrogen) atoms. The number of hydrogen-bond acceptors (Lipinski definition) is 0. The van der Waals surface area contributed by atoms with E-state index in [4.69, 9.17) is 0 Å². The molecule has 0 saturated carbocycles. The Morgan fingerprint density at radius 1 is 1.67 bits per heavy atom. The summed E-state index contributed by atoms with van der Waals surface area (Å²) >= 11 is 0. The van der Waals surface area contributed by atoms with Crippen molar-refractivity contribution < 1.29 is 32.7 Å². The molecule has 0 fully saturated rings. The molecule has 0 saturated heterocycles. The van der Waals surface area contributed by atoms with Crippen LogP contribution in [0.4, 0.5) is 0 Å². The molecule has 0 spiro atoms. The summed E-state index contributed by atoms with van der Waals surface area (Å²) in [7, 11) is 1.81. The van der Waals surface area contributed by atoms with E-state index in [1.165, 1.54) is 0 Å². The Morgan fingerprint density at radius 2 is 2.17 bits per heavy atom. The van der Waals surface area contributed by atoms with Crippen LogP contribution in [0.2, 0.25) is 0 Å². The molecule has 2 heteroatoms. The van der Waals surface area contributed by atoms with E-state index in [2.05, 4.69) is 5.32 Å². The average molecular weight is 160 g/mol. The van der Waals surface area contributed by atoms with Crippen molar-refractivity contribution in [1.29, 1.82) is 0 Å². The second kappa shape index (κ2) is 9.42. The van der Waals surface area contributed by atoms with E-state index in [0.29, 0.717) is 0 Å². The fraction of sp³-hybridized carbons (Fsp3) is 0.750. The van der Waals surface area contributed by atoms with Gasteiger partial charge in [-0.05, 0) is 0 Å². The van der Waals surface area contributed by atoms with E-state index < -0.39 is 0 Å². The first-order valence-corrected chi connectivity index (χ1v) is 1.75. The minimum atomic E-state index is 0. The van der Waals surface area contributed by atoms with Gasteiger partial charge in [-0.2, -0.15) is 14.0 Å². The zero-order chi connectivity index (χ0) is 4.12. The van der Waals surface area contributed by atoms with Crippen LogP contribution in [-0.2, 0) is 32.7 Å². The van der Waals surface area contributed by atoms with Gasteiger partial charge in [0.2, 0.25) is 0 Å². The second-order valence-corrected chi connectivity index (χ2v) is 0.907. The first-order chi connectivity index (χ1) is 2.41. The number of nitrogens with zero attached hydrogens (tertiary/aromatic N) is 1. The predicted octanol–water partition coefficient (Wildman–Crippen LogP) is 1.21. The van der Waals surface area contributed by atoms with Gasteiger partial charge in [0.1, 0.15) is 0 Å². The molecule has 0 bridgehead atoms. The van der Waals surface area contributed by atoms with Gasteiger partial charge in [0, 0.05) is 32.7 Å². The molecule has 1 nitrogen and oxygen atoms in total.